The molecule has 8 heteroatoms. The van der Waals surface area contributed by atoms with Gasteiger partial charge in [-0.3, -0.25) is 19.5 Å². The van der Waals surface area contributed by atoms with E-state index in [0.29, 0.717) is 6.42 Å². The Labute approximate surface area is 224 Å². The van der Waals surface area contributed by atoms with Crippen LogP contribution in [0.2, 0.25) is 0 Å². The molecule has 3 amide bonds. The summed E-state index contributed by atoms with van der Waals surface area (Å²) in [5.74, 6) is -0.706. The summed E-state index contributed by atoms with van der Waals surface area (Å²) in [7, 11) is 8.10. The maximum Gasteiger partial charge on any atom is 0.407 e. The molecule has 0 fully saturated rings. The van der Waals surface area contributed by atoms with Crippen LogP contribution in [0.4, 0.5) is 4.79 Å². The molecule has 0 saturated carbocycles. The number of benzene rings is 3. The molecule has 3 aromatic carbocycles. The van der Waals surface area contributed by atoms with Gasteiger partial charge in [-0.1, -0.05) is 84.9 Å². The third-order valence-corrected chi connectivity index (χ3v) is 6.84. The summed E-state index contributed by atoms with van der Waals surface area (Å²) in [6.45, 7) is 0. The third kappa shape index (κ3) is 6.98. The van der Waals surface area contributed by atoms with Crippen LogP contribution >= 0.6 is 0 Å². The van der Waals surface area contributed by atoms with Crippen LogP contribution in [0, 0.1) is 0 Å². The van der Waals surface area contributed by atoms with Crippen LogP contribution in [0.25, 0.3) is 11.1 Å². The van der Waals surface area contributed by atoms with Crippen molar-refractivity contribution in [3.8, 4) is 11.1 Å². The lowest BCUT2D eigenvalue weighted by Crippen LogP contribution is -2.57. The Kier molecular flexibility index (Phi) is 9.62. The Morgan fingerprint density at radius 3 is 1.55 bits per heavy atom. The number of nitrogens with zero attached hydrogens (tertiary/aromatic N) is 4. The maximum absolute atomic E-state index is 13.8. The van der Waals surface area contributed by atoms with Gasteiger partial charge in [-0.2, -0.15) is 0 Å². The summed E-state index contributed by atoms with van der Waals surface area (Å²) in [6.07, 6.45) is -0.736. The quantitative estimate of drug-likeness (QED) is 0.414. The predicted molar refractivity (Wildman–Crippen MR) is 148 cm³/mol. The van der Waals surface area contributed by atoms with Gasteiger partial charge in [-0.05, 0) is 22.3 Å². The average molecular weight is 517 g/mol. The first-order valence-electron chi connectivity index (χ1n) is 12.5. The minimum atomic E-state index is -1.21. The molecule has 0 aromatic heterocycles. The van der Waals surface area contributed by atoms with E-state index in [-0.39, 0.29) is 12.3 Å². The van der Waals surface area contributed by atoms with Gasteiger partial charge in [-0.25, -0.2) is 9.80 Å². The van der Waals surface area contributed by atoms with E-state index in [2.05, 4.69) is 0 Å². The first-order valence-corrected chi connectivity index (χ1v) is 12.5. The molecule has 0 heterocycles. The zero-order valence-electron chi connectivity index (χ0n) is 22.6. The van der Waals surface area contributed by atoms with Gasteiger partial charge in [0.25, 0.3) is 5.91 Å². The van der Waals surface area contributed by atoms with Gasteiger partial charge in [0.05, 0.1) is 0 Å². The van der Waals surface area contributed by atoms with Crippen LogP contribution in [-0.4, -0.2) is 90.2 Å². The summed E-state index contributed by atoms with van der Waals surface area (Å²) in [6, 6.07) is 25.3. The van der Waals surface area contributed by atoms with Crippen LogP contribution in [0.3, 0.4) is 0 Å². The van der Waals surface area contributed by atoms with Crippen LogP contribution in [-0.2, 0) is 22.4 Å². The van der Waals surface area contributed by atoms with E-state index in [1.807, 2.05) is 84.9 Å². The smallest absolute Gasteiger partial charge is 0.407 e. The van der Waals surface area contributed by atoms with Gasteiger partial charge in [0.1, 0.15) is 12.1 Å². The molecule has 2 atom stereocenters. The molecule has 200 valence electrons. The van der Waals surface area contributed by atoms with Crippen molar-refractivity contribution in [1.82, 2.24) is 19.8 Å². The highest BCUT2D eigenvalue weighted by molar-refractivity contribution is 5.91. The fourth-order valence-corrected chi connectivity index (χ4v) is 4.24. The summed E-state index contributed by atoms with van der Waals surface area (Å²) >= 11 is 0. The lowest BCUT2D eigenvalue weighted by atomic mass is 9.98. The second-order valence-corrected chi connectivity index (χ2v) is 9.54. The van der Waals surface area contributed by atoms with Crippen molar-refractivity contribution in [3.63, 3.8) is 0 Å². The largest absolute Gasteiger partial charge is 0.465 e. The minimum absolute atomic E-state index is 0.177. The van der Waals surface area contributed by atoms with Gasteiger partial charge in [0.2, 0.25) is 5.91 Å². The maximum atomic E-state index is 13.8. The Morgan fingerprint density at radius 1 is 0.605 bits per heavy atom. The van der Waals surface area contributed by atoms with Crippen molar-refractivity contribution in [2.75, 3.05) is 35.2 Å². The molecule has 1 N–H and O–H groups in total. The Hall–Kier alpha value is -4.17. The monoisotopic (exact) mass is 516 g/mol. The van der Waals surface area contributed by atoms with E-state index >= 15 is 0 Å². The number of hydrogen-bond acceptors (Lipinski definition) is 4. The zero-order chi connectivity index (χ0) is 27.8. The average Bonchev–Trinajstić information content (AvgIpc) is 2.94. The lowest BCUT2D eigenvalue weighted by Gasteiger charge is -2.36. The van der Waals surface area contributed by atoms with Crippen molar-refractivity contribution in [1.29, 1.82) is 0 Å². The molecular formula is C30H36N4O4. The highest BCUT2D eigenvalue weighted by atomic mass is 16.4. The summed E-state index contributed by atoms with van der Waals surface area (Å²) in [4.78, 5) is 41.7. The minimum Gasteiger partial charge on any atom is -0.465 e. The molecule has 0 aliphatic carbocycles. The second kappa shape index (κ2) is 12.9. The van der Waals surface area contributed by atoms with E-state index in [4.69, 9.17) is 0 Å². The fourth-order valence-electron chi connectivity index (χ4n) is 4.24. The van der Waals surface area contributed by atoms with Crippen LogP contribution in [0.15, 0.2) is 84.9 Å². The van der Waals surface area contributed by atoms with Gasteiger partial charge in [0, 0.05) is 48.1 Å². The van der Waals surface area contributed by atoms with Gasteiger partial charge in [0.15, 0.2) is 0 Å². The molecular weight excluding hydrogens is 480 g/mol. The van der Waals surface area contributed by atoms with Gasteiger partial charge in [-0.15, -0.1) is 0 Å². The Bertz CT molecular complexity index is 1220. The van der Waals surface area contributed by atoms with Crippen LogP contribution in [0.5, 0.6) is 0 Å². The Balaban J connectivity index is 1.89. The van der Waals surface area contributed by atoms with Gasteiger partial charge < -0.3 is 10.0 Å². The summed E-state index contributed by atoms with van der Waals surface area (Å²) in [5, 5.41) is 12.9. The first kappa shape index (κ1) is 28.4. The number of likely N-dealkylation sites (N-methyl/N-ethyl adjacent to an activating group) is 3. The number of carboxylic acid groups (broad SMARTS) is 1. The molecule has 8 nitrogen and oxygen atoms in total. The molecule has 0 bridgehead atoms. The van der Waals surface area contributed by atoms with Gasteiger partial charge >= 0.3 is 6.09 Å². The highest BCUT2D eigenvalue weighted by Crippen LogP contribution is 2.21. The van der Waals surface area contributed by atoms with Crippen molar-refractivity contribution >= 4 is 17.9 Å². The van der Waals surface area contributed by atoms with E-state index in [1.54, 1.807) is 33.2 Å². The molecule has 0 spiro atoms. The first-order chi connectivity index (χ1) is 18.1. The van der Waals surface area contributed by atoms with Crippen molar-refractivity contribution in [2.45, 2.75) is 24.9 Å². The van der Waals surface area contributed by atoms with Crippen molar-refractivity contribution < 1.29 is 19.5 Å². The fraction of sp³-hybridized carbons (Fsp3) is 0.300. The van der Waals surface area contributed by atoms with E-state index in [1.165, 1.54) is 17.0 Å². The van der Waals surface area contributed by atoms with E-state index in [0.717, 1.165) is 27.2 Å². The third-order valence-electron chi connectivity index (χ3n) is 6.84. The molecule has 0 saturated heterocycles. The molecule has 38 heavy (non-hydrogen) atoms. The predicted octanol–water partition coefficient (Wildman–Crippen LogP) is 3.88. The number of hydrazine groups is 1. The standard InChI is InChI=1S/C30H36N4O4/c1-31(2)34(5)29(36)27(20-22-12-8-6-9-13-22)32(3)28(35)26(33(4)30(37)38)21-23-16-18-25(19-17-23)24-14-10-7-11-15-24/h6-19,26-27H,20-21H2,1-5H3,(H,37,38). The zero-order valence-corrected chi connectivity index (χ0v) is 22.6. The Morgan fingerprint density at radius 2 is 1.05 bits per heavy atom. The number of carbonyl (C=O) groups is 3. The summed E-state index contributed by atoms with van der Waals surface area (Å²) < 4.78 is 0. The second-order valence-electron chi connectivity index (χ2n) is 9.54. The van der Waals surface area contributed by atoms with Crippen LogP contribution in [0.1, 0.15) is 11.1 Å². The lowest BCUT2D eigenvalue weighted by molar-refractivity contribution is -0.153. The van der Waals surface area contributed by atoms with Crippen LogP contribution < -0.4 is 0 Å². The number of hydrogen-bond donors (Lipinski definition) is 1. The molecule has 0 aliphatic heterocycles. The molecule has 3 aromatic rings. The van der Waals surface area contributed by atoms with E-state index in [9.17, 15) is 19.5 Å². The SMILES string of the molecule is CN(C(=O)O)C(Cc1ccc(-c2ccccc2)cc1)C(=O)N(C)C(Cc1ccccc1)C(=O)N(C)N(C)C. The topological polar surface area (TPSA) is 84.4 Å². The van der Waals surface area contributed by atoms with E-state index < -0.39 is 24.1 Å². The number of rotatable bonds is 10. The normalized spacial score (nSPS) is 12.5. The number of carbonyl (C=O) groups excluding carboxylic acids is 2. The molecule has 0 radical (unpaired) electrons. The molecule has 2 unspecified atom stereocenters. The molecule has 3 rings (SSSR count). The van der Waals surface area contributed by atoms with Crippen molar-refractivity contribution in [2.24, 2.45) is 0 Å². The molecule has 0 aliphatic rings. The summed E-state index contributed by atoms with van der Waals surface area (Å²) in [5.41, 5.74) is 3.82. The highest BCUT2D eigenvalue weighted by Gasteiger charge is 2.36. The number of amides is 3. The van der Waals surface area contributed by atoms with Crippen molar-refractivity contribution in [3.05, 3.63) is 96.1 Å².